The van der Waals surface area contributed by atoms with E-state index in [9.17, 15) is 0 Å². The Hall–Kier alpha value is -1.20. The molecule has 0 aromatic carbocycles. The van der Waals surface area contributed by atoms with E-state index in [4.69, 9.17) is 0 Å². The molecule has 5 heteroatoms. The first-order valence-electron chi connectivity index (χ1n) is 8.51. The van der Waals surface area contributed by atoms with Gasteiger partial charge in [0.1, 0.15) is 12.1 Å². The Kier molecular flexibility index (Phi) is 4.01. The van der Waals surface area contributed by atoms with Gasteiger partial charge in [0.05, 0.1) is 10.2 Å². The minimum absolute atomic E-state index is 0.708. The molecule has 0 N–H and O–H groups in total. The van der Waals surface area contributed by atoms with Gasteiger partial charge in [0.25, 0.3) is 0 Å². The number of likely N-dealkylation sites (tertiary alicyclic amines) is 1. The van der Waals surface area contributed by atoms with Crippen molar-refractivity contribution in [2.45, 2.75) is 45.1 Å². The summed E-state index contributed by atoms with van der Waals surface area (Å²) in [6, 6.07) is 0.708. The van der Waals surface area contributed by atoms with Crippen LogP contribution >= 0.6 is 11.3 Å². The summed E-state index contributed by atoms with van der Waals surface area (Å²) in [4.78, 5) is 14.3. The summed E-state index contributed by atoms with van der Waals surface area (Å²) >= 11 is 1.79. The Morgan fingerprint density at radius 1 is 1.09 bits per heavy atom. The lowest BCUT2D eigenvalue weighted by Gasteiger charge is -2.41. The van der Waals surface area contributed by atoms with Crippen LogP contribution in [0.3, 0.4) is 0 Å². The van der Waals surface area contributed by atoms with Gasteiger partial charge in [-0.25, -0.2) is 9.97 Å². The average molecular weight is 316 g/mol. The molecular weight excluding hydrogens is 292 g/mol. The second kappa shape index (κ2) is 6.13. The minimum atomic E-state index is 0.708. The molecule has 1 unspecified atom stereocenters. The van der Waals surface area contributed by atoms with Crippen LogP contribution in [0.4, 0.5) is 5.82 Å². The number of fused-ring (bicyclic) bond motifs is 1. The van der Waals surface area contributed by atoms with Crippen molar-refractivity contribution in [2.75, 3.05) is 31.1 Å². The van der Waals surface area contributed by atoms with Crippen molar-refractivity contribution in [3.05, 3.63) is 17.3 Å². The maximum absolute atomic E-state index is 4.63. The molecule has 2 aromatic rings. The van der Waals surface area contributed by atoms with Gasteiger partial charge in [0.2, 0.25) is 0 Å². The van der Waals surface area contributed by atoms with Crippen LogP contribution in [0.5, 0.6) is 0 Å². The molecule has 22 heavy (non-hydrogen) atoms. The largest absolute Gasteiger partial charge is 0.354 e. The first-order valence-corrected chi connectivity index (χ1v) is 9.38. The van der Waals surface area contributed by atoms with Crippen molar-refractivity contribution in [2.24, 2.45) is 0 Å². The lowest BCUT2D eigenvalue weighted by molar-refractivity contribution is 0.147. The van der Waals surface area contributed by atoms with Crippen molar-refractivity contribution in [1.82, 2.24) is 14.9 Å². The number of hydrogen-bond donors (Lipinski definition) is 0. The molecule has 2 saturated heterocycles. The summed E-state index contributed by atoms with van der Waals surface area (Å²) in [5, 5.41) is 2.20. The van der Waals surface area contributed by atoms with Crippen molar-refractivity contribution < 1.29 is 0 Å². The molecule has 4 heterocycles. The second-order valence-electron chi connectivity index (χ2n) is 6.63. The van der Waals surface area contributed by atoms with Gasteiger partial charge >= 0.3 is 0 Å². The van der Waals surface area contributed by atoms with Crippen LogP contribution in [-0.2, 0) is 0 Å². The van der Waals surface area contributed by atoms with E-state index in [2.05, 4.69) is 32.1 Å². The van der Waals surface area contributed by atoms with Gasteiger partial charge in [-0.1, -0.05) is 6.42 Å². The quantitative estimate of drug-likeness (QED) is 0.849. The van der Waals surface area contributed by atoms with E-state index in [1.54, 1.807) is 17.7 Å². The lowest BCUT2D eigenvalue weighted by Crippen LogP contribution is -2.49. The van der Waals surface area contributed by atoms with E-state index in [0.29, 0.717) is 6.04 Å². The summed E-state index contributed by atoms with van der Waals surface area (Å²) in [7, 11) is 0. The topological polar surface area (TPSA) is 32.3 Å². The minimum Gasteiger partial charge on any atom is -0.354 e. The van der Waals surface area contributed by atoms with E-state index in [1.807, 2.05) is 0 Å². The molecule has 0 saturated carbocycles. The molecule has 0 radical (unpaired) electrons. The Balaban J connectivity index is 1.58. The van der Waals surface area contributed by atoms with Gasteiger partial charge in [-0.2, -0.15) is 0 Å². The number of nitrogens with zero attached hydrogens (tertiary/aromatic N) is 4. The van der Waals surface area contributed by atoms with Crippen molar-refractivity contribution in [3.8, 4) is 0 Å². The van der Waals surface area contributed by atoms with Gasteiger partial charge < -0.3 is 4.90 Å². The highest BCUT2D eigenvalue weighted by Crippen LogP contribution is 2.33. The highest BCUT2D eigenvalue weighted by atomic mass is 32.1. The van der Waals surface area contributed by atoms with Gasteiger partial charge in [0, 0.05) is 19.1 Å². The smallest absolute Gasteiger partial charge is 0.150 e. The number of hydrogen-bond acceptors (Lipinski definition) is 5. The summed E-state index contributed by atoms with van der Waals surface area (Å²) < 4.78 is 1.26. The molecule has 1 atom stereocenters. The van der Waals surface area contributed by atoms with E-state index in [0.717, 1.165) is 24.4 Å². The van der Waals surface area contributed by atoms with Crippen LogP contribution in [0.1, 0.15) is 37.7 Å². The molecule has 2 aromatic heterocycles. The Morgan fingerprint density at radius 3 is 2.82 bits per heavy atom. The van der Waals surface area contributed by atoms with Crippen LogP contribution < -0.4 is 4.90 Å². The SMILES string of the molecule is Cc1csc2c(N3CCCC(N4CCCCC4)C3)ncnc12. The third-order valence-electron chi connectivity index (χ3n) is 5.12. The highest BCUT2D eigenvalue weighted by molar-refractivity contribution is 7.18. The summed E-state index contributed by atoms with van der Waals surface area (Å²) in [6.45, 7) is 6.98. The molecule has 0 aliphatic carbocycles. The first-order chi connectivity index (χ1) is 10.8. The molecule has 0 bridgehead atoms. The van der Waals surface area contributed by atoms with Gasteiger partial charge in [-0.15, -0.1) is 11.3 Å². The fourth-order valence-corrected chi connectivity index (χ4v) is 4.93. The number of aromatic nitrogens is 2. The first kappa shape index (κ1) is 14.4. The number of aryl methyl sites for hydroxylation is 1. The number of piperidine rings is 2. The van der Waals surface area contributed by atoms with Gasteiger partial charge in [-0.3, -0.25) is 4.90 Å². The maximum Gasteiger partial charge on any atom is 0.150 e. The second-order valence-corrected chi connectivity index (χ2v) is 7.51. The average Bonchev–Trinajstić information content (AvgIpc) is 2.97. The van der Waals surface area contributed by atoms with E-state index in [1.165, 1.54) is 55.5 Å². The van der Waals surface area contributed by atoms with Crippen LogP contribution in [0, 0.1) is 6.92 Å². The molecule has 2 aliphatic heterocycles. The zero-order valence-electron chi connectivity index (χ0n) is 13.3. The summed E-state index contributed by atoms with van der Waals surface area (Å²) in [5.74, 6) is 1.16. The number of thiophene rings is 1. The number of anilines is 1. The predicted octanol–water partition coefficient (Wildman–Crippen LogP) is 3.45. The normalized spacial score (nSPS) is 24.0. The van der Waals surface area contributed by atoms with Gasteiger partial charge in [0.15, 0.2) is 0 Å². The molecule has 2 aliphatic rings. The van der Waals surface area contributed by atoms with Crippen molar-refractivity contribution in [3.63, 3.8) is 0 Å². The standard InChI is InChI=1S/C17H24N4S/c1-13-11-22-16-15(13)18-12-19-17(16)21-9-5-6-14(10-21)20-7-3-2-4-8-20/h11-12,14H,2-10H2,1H3. The number of rotatable bonds is 2. The monoisotopic (exact) mass is 316 g/mol. The molecule has 118 valence electrons. The lowest BCUT2D eigenvalue weighted by atomic mass is 10.0. The third-order valence-corrected chi connectivity index (χ3v) is 6.20. The molecule has 4 nitrogen and oxygen atoms in total. The molecule has 2 fully saturated rings. The zero-order chi connectivity index (χ0) is 14.9. The highest BCUT2D eigenvalue weighted by Gasteiger charge is 2.28. The summed E-state index contributed by atoms with van der Waals surface area (Å²) in [6.07, 6.45) is 8.51. The fourth-order valence-electron chi connectivity index (χ4n) is 3.91. The zero-order valence-corrected chi connectivity index (χ0v) is 14.1. The fraction of sp³-hybridized carbons (Fsp3) is 0.647. The third kappa shape index (κ3) is 2.61. The molecule has 0 amide bonds. The van der Waals surface area contributed by atoms with E-state index in [-0.39, 0.29) is 0 Å². The van der Waals surface area contributed by atoms with E-state index < -0.39 is 0 Å². The Labute approximate surface area is 136 Å². The van der Waals surface area contributed by atoms with Gasteiger partial charge in [-0.05, 0) is 56.6 Å². The maximum atomic E-state index is 4.63. The molecular formula is C17H24N4S. The summed E-state index contributed by atoms with van der Waals surface area (Å²) in [5.41, 5.74) is 2.41. The van der Waals surface area contributed by atoms with Crippen LogP contribution in [-0.4, -0.2) is 47.1 Å². The van der Waals surface area contributed by atoms with Crippen LogP contribution in [0.15, 0.2) is 11.7 Å². The molecule has 0 spiro atoms. The van der Waals surface area contributed by atoms with Crippen molar-refractivity contribution in [1.29, 1.82) is 0 Å². The predicted molar refractivity (Wildman–Crippen MR) is 92.8 cm³/mol. The molecule has 4 rings (SSSR count). The Bertz CT molecular complexity index is 647. The van der Waals surface area contributed by atoms with Crippen LogP contribution in [0.25, 0.3) is 10.2 Å². The van der Waals surface area contributed by atoms with Crippen LogP contribution in [0.2, 0.25) is 0 Å². The van der Waals surface area contributed by atoms with E-state index >= 15 is 0 Å². The Morgan fingerprint density at radius 2 is 1.95 bits per heavy atom. The van der Waals surface area contributed by atoms with Crippen molar-refractivity contribution >= 4 is 27.4 Å².